The fourth-order valence-electron chi connectivity index (χ4n) is 3.25. The van der Waals surface area contributed by atoms with Crippen molar-refractivity contribution in [2.45, 2.75) is 65.5 Å². The third-order valence-electron chi connectivity index (χ3n) is 3.92. The summed E-state index contributed by atoms with van der Waals surface area (Å²) in [7, 11) is 2.55. The maximum Gasteiger partial charge on any atom is 0.319 e. The quantitative estimate of drug-likeness (QED) is 0.654. The summed E-state index contributed by atoms with van der Waals surface area (Å²) in [6.45, 7) is 10.3. The number of nitrogens with one attached hydrogen (secondary N) is 2. The van der Waals surface area contributed by atoms with E-state index in [1.807, 2.05) is 13.8 Å². The van der Waals surface area contributed by atoms with Crippen LogP contribution in [0.5, 0.6) is 0 Å². The number of rotatable bonds is 8. The maximum absolute atomic E-state index is 12.3. The summed E-state index contributed by atoms with van der Waals surface area (Å²) in [6.07, 6.45) is 3.73. The Labute approximate surface area is 166 Å². The molecule has 1 heterocycles. The van der Waals surface area contributed by atoms with Crippen LogP contribution in [-0.2, 0) is 19.1 Å². The Morgan fingerprint density at radius 1 is 1.07 bits per heavy atom. The van der Waals surface area contributed by atoms with Gasteiger partial charge in [-0.15, -0.1) is 0 Å². The number of ether oxygens (including phenoxy) is 2. The zero-order valence-electron chi connectivity index (χ0n) is 17.8. The molecule has 0 radical (unpaired) electrons. The lowest BCUT2D eigenvalue weighted by Gasteiger charge is -2.33. The molecule has 0 bridgehead atoms. The number of esters is 2. The van der Waals surface area contributed by atoms with Gasteiger partial charge in [-0.25, -0.2) is 4.79 Å². The highest BCUT2D eigenvalue weighted by Gasteiger charge is 2.27. The molecule has 2 N–H and O–H groups in total. The van der Waals surface area contributed by atoms with E-state index >= 15 is 0 Å². The van der Waals surface area contributed by atoms with Crippen LogP contribution in [0.15, 0.2) is 12.4 Å². The van der Waals surface area contributed by atoms with Crippen LogP contribution in [-0.4, -0.2) is 47.5 Å². The van der Waals surface area contributed by atoms with Crippen LogP contribution in [0.3, 0.4) is 0 Å². The predicted molar refractivity (Wildman–Crippen MR) is 105 cm³/mol. The minimum atomic E-state index is -0.573. The second-order valence-corrected chi connectivity index (χ2v) is 8.62. The van der Waals surface area contributed by atoms with Crippen molar-refractivity contribution in [1.82, 2.24) is 15.1 Å². The van der Waals surface area contributed by atoms with E-state index in [-0.39, 0.29) is 24.3 Å². The van der Waals surface area contributed by atoms with Crippen molar-refractivity contribution >= 4 is 23.7 Å². The van der Waals surface area contributed by atoms with Gasteiger partial charge >= 0.3 is 18.0 Å². The standard InChI is InChI=1S/C19H32N4O5/c1-18(2,3)12-19(4,5)22-17(26)21-13-10-20-23(11-13)14(8-15(24)27-6)9-16(25)28-7/h10-11,14H,8-9,12H2,1-7H3,(H2,21,22,26). The van der Waals surface area contributed by atoms with E-state index in [1.165, 1.54) is 25.1 Å². The number of carbonyl (C=O) groups excluding carboxylic acids is 3. The van der Waals surface area contributed by atoms with Crippen molar-refractivity contribution in [2.24, 2.45) is 5.41 Å². The van der Waals surface area contributed by atoms with Crippen molar-refractivity contribution in [2.75, 3.05) is 19.5 Å². The van der Waals surface area contributed by atoms with Crippen molar-refractivity contribution in [3.05, 3.63) is 12.4 Å². The molecule has 0 spiro atoms. The molecule has 9 heteroatoms. The van der Waals surface area contributed by atoms with Gasteiger partial charge in [-0.3, -0.25) is 14.3 Å². The number of hydrogen-bond acceptors (Lipinski definition) is 6. The van der Waals surface area contributed by atoms with Gasteiger partial charge in [0.25, 0.3) is 0 Å². The van der Waals surface area contributed by atoms with Crippen molar-refractivity contribution in [3.63, 3.8) is 0 Å². The average molecular weight is 396 g/mol. The van der Waals surface area contributed by atoms with Crippen LogP contribution in [0, 0.1) is 5.41 Å². The zero-order valence-corrected chi connectivity index (χ0v) is 17.8. The summed E-state index contributed by atoms with van der Waals surface area (Å²) in [5.41, 5.74) is 0.122. The van der Waals surface area contributed by atoms with Gasteiger partial charge in [-0.05, 0) is 25.7 Å². The third-order valence-corrected chi connectivity index (χ3v) is 3.92. The Morgan fingerprint density at radius 3 is 2.07 bits per heavy atom. The van der Waals surface area contributed by atoms with E-state index in [9.17, 15) is 14.4 Å². The minimum absolute atomic E-state index is 0.0441. The summed E-state index contributed by atoms with van der Waals surface area (Å²) < 4.78 is 10.8. The van der Waals surface area contributed by atoms with E-state index in [0.29, 0.717) is 5.69 Å². The molecule has 2 amide bonds. The number of amides is 2. The first-order valence-corrected chi connectivity index (χ1v) is 9.12. The third kappa shape index (κ3) is 8.41. The van der Waals surface area contributed by atoms with Crippen LogP contribution < -0.4 is 10.6 Å². The van der Waals surface area contributed by atoms with Crippen LogP contribution in [0.1, 0.15) is 59.9 Å². The lowest BCUT2D eigenvalue weighted by Crippen LogP contribution is -2.47. The van der Waals surface area contributed by atoms with Gasteiger partial charge in [0, 0.05) is 11.7 Å². The SMILES string of the molecule is COC(=O)CC(CC(=O)OC)n1cc(NC(=O)NC(C)(C)CC(C)(C)C)cn1. The molecular weight excluding hydrogens is 364 g/mol. The molecule has 9 nitrogen and oxygen atoms in total. The molecule has 1 aromatic rings. The first-order chi connectivity index (χ1) is 12.8. The smallest absolute Gasteiger partial charge is 0.319 e. The number of carbonyl (C=O) groups is 3. The Kier molecular flexibility index (Phi) is 8.01. The Morgan fingerprint density at radius 2 is 1.61 bits per heavy atom. The van der Waals surface area contributed by atoms with Crippen LogP contribution in [0.4, 0.5) is 10.5 Å². The molecule has 1 aromatic heterocycles. The molecule has 28 heavy (non-hydrogen) atoms. The number of methoxy groups -OCH3 is 2. The molecule has 0 unspecified atom stereocenters. The highest BCUT2D eigenvalue weighted by molar-refractivity contribution is 5.89. The maximum atomic E-state index is 12.3. The van der Waals surface area contributed by atoms with Gasteiger partial charge < -0.3 is 20.1 Å². The van der Waals surface area contributed by atoms with E-state index < -0.39 is 23.5 Å². The molecule has 0 aliphatic heterocycles. The molecule has 0 aliphatic carbocycles. The second-order valence-electron chi connectivity index (χ2n) is 8.62. The monoisotopic (exact) mass is 396 g/mol. The topological polar surface area (TPSA) is 112 Å². The van der Waals surface area contributed by atoms with E-state index in [4.69, 9.17) is 0 Å². The van der Waals surface area contributed by atoms with Crippen LogP contribution in [0.2, 0.25) is 0 Å². The van der Waals surface area contributed by atoms with Crippen LogP contribution in [0.25, 0.3) is 0 Å². The number of aromatic nitrogens is 2. The first-order valence-electron chi connectivity index (χ1n) is 9.12. The minimum Gasteiger partial charge on any atom is -0.469 e. The Hall–Kier alpha value is -2.58. The first kappa shape index (κ1) is 23.5. The molecule has 0 atom stereocenters. The highest BCUT2D eigenvalue weighted by atomic mass is 16.5. The number of urea groups is 1. The van der Waals surface area contributed by atoms with E-state index in [2.05, 4.69) is 46.0 Å². The summed E-state index contributed by atoms with van der Waals surface area (Å²) in [4.78, 5) is 35.6. The van der Waals surface area contributed by atoms with Crippen LogP contribution >= 0.6 is 0 Å². The normalized spacial score (nSPS) is 11.9. The largest absolute Gasteiger partial charge is 0.469 e. The fraction of sp³-hybridized carbons (Fsp3) is 0.684. The molecule has 0 saturated carbocycles. The summed E-state index contributed by atoms with van der Waals surface area (Å²) in [6, 6.07) is -0.929. The van der Waals surface area contributed by atoms with Gasteiger partial charge in [-0.2, -0.15) is 5.10 Å². The number of anilines is 1. The van der Waals surface area contributed by atoms with E-state index in [1.54, 1.807) is 6.20 Å². The molecular formula is C19H32N4O5. The van der Waals surface area contributed by atoms with Crippen molar-refractivity contribution in [1.29, 1.82) is 0 Å². The van der Waals surface area contributed by atoms with Gasteiger partial charge in [0.15, 0.2) is 0 Å². The van der Waals surface area contributed by atoms with Gasteiger partial charge in [0.05, 0.1) is 45.0 Å². The van der Waals surface area contributed by atoms with Crippen molar-refractivity contribution in [3.8, 4) is 0 Å². The van der Waals surface area contributed by atoms with Crippen molar-refractivity contribution < 1.29 is 23.9 Å². The number of nitrogens with zero attached hydrogens (tertiary/aromatic N) is 2. The van der Waals surface area contributed by atoms with Gasteiger partial charge in [-0.1, -0.05) is 20.8 Å². The summed E-state index contributed by atoms with van der Waals surface area (Å²) in [5, 5.41) is 9.83. The molecule has 158 valence electrons. The fourth-order valence-corrected chi connectivity index (χ4v) is 3.25. The Bertz CT molecular complexity index is 673. The molecule has 0 aliphatic rings. The summed E-state index contributed by atoms with van der Waals surface area (Å²) >= 11 is 0. The van der Waals surface area contributed by atoms with Gasteiger partial charge in [0.1, 0.15) is 0 Å². The molecule has 0 aromatic carbocycles. The number of hydrogen-bond donors (Lipinski definition) is 2. The molecule has 0 saturated heterocycles. The highest BCUT2D eigenvalue weighted by Crippen LogP contribution is 2.27. The average Bonchev–Trinajstić information content (AvgIpc) is 2.98. The lowest BCUT2D eigenvalue weighted by atomic mass is 9.82. The second kappa shape index (κ2) is 9.57. The molecule has 0 fully saturated rings. The van der Waals surface area contributed by atoms with E-state index in [0.717, 1.165) is 6.42 Å². The Balaban J connectivity index is 2.80. The molecule has 1 rings (SSSR count). The lowest BCUT2D eigenvalue weighted by molar-refractivity contribution is -0.144. The summed E-state index contributed by atoms with van der Waals surface area (Å²) in [5.74, 6) is -0.943. The predicted octanol–water partition coefficient (Wildman–Crippen LogP) is 2.89. The zero-order chi connectivity index (χ0) is 21.5. The van der Waals surface area contributed by atoms with Gasteiger partial charge in [0.2, 0.25) is 0 Å².